The Morgan fingerprint density at radius 3 is 1.50 bits per heavy atom. The molecule has 0 aliphatic heterocycles. The van der Waals surface area contributed by atoms with Gasteiger partial charge < -0.3 is 20.1 Å². The van der Waals surface area contributed by atoms with E-state index in [4.69, 9.17) is 0 Å². The number of hydrogen-bond donors (Lipinski definition) is 0. The Hall–Kier alpha value is -0.240. The molecule has 6 nitrogen and oxygen atoms in total. The molecule has 0 aromatic rings. The molecule has 0 radical (unpaired) electrons. The summed E-state index contributed by atoms with van der Waals surface area (Å²) < 4.78 is 0. The van der Waals surface area contributed by atoms with Crippen molar-refractivity contribution in [3.63, 3.8) is 0 Å². The second-order valence-electron chi connectivity index (χ2n) is 1.48. The van der Waals surface area contributed by atoms with Gasteiger partial charge in [0.1, 0.15) is 0 Å². The van der Waals surface area contributed by atoms with E-state index in [2.05, 4.69) is 9.68 Å². The fourth-order valence-electron chi connectivity index (χ4n) is 0.346. The molecule has 0 aromatic heterocycles. The monoisotopic (exact) mass is 150 g/mol. The standard InChI is InChI=1S/C4H10N2O4/c1-9-5(7)3-4-6(8)10-2/h3-4H2,1-2H3/q-2. The highest BCUT2D eigenvalue weighted by Crippen LogP contribution is 1.87. The van der Waals surface area contributed by atoms with Gasteiger partial charge in [0.15, 0.2) is 0 Å². The lowest BCUT2D eigenvalue weighted by Crippen LogP contribution is -2.27. The molecule has 0 aliphatic rings. The normalized spacial score (nSPS) is 11.4. The highest BCUT2D eigenvalue weighted by molar-refractivity contribution is 4.48. The minimum absolute atomic E-state index is 0.0339. The minimum Gasteiger partial charge on any atom is -0.762 e. The number of hydroxylamine groups is 4. The second-order valence-corrected chi connectivity index (χ2v) is 1.48. The van der Waals surface area contributed by atoms with Crippen LogP contribution in [0.3, 0.4) is 0 Å². The van der Waals surface area contributed by atoms with Crippen LogP contribution < -0.4 is 0 Å². The summed E-state index contributed by atoms with van der Waals surface area (Å²) in [4.78, 5) is 8.40. The average Bonchev–Trinajstić information content (AvgIpc) is 1.99. The maximum Gasteiger partial charge on any atom is 0.0563 e. The highest BCUT2D eigenvalue weighted by Gasteiger charge is 1.89. The van der Waals surface area contributed by atoms with E-state index in [0.29, 0.717) is 10.5 Å². The topological polar surface area (TPSA) is 71.1 Å². The SMILES string of the molecule is CON([O-])CCN([O-])OC. The van der Waals surface area contributed by atoms with Crippen LogP contribution in [0.2, 0.25) is 0 Å². The van der Waals surface area contributed by atoms with Gasteiger partial charge in [0.25, 0.3) is 0 Å². The summed E-state index contributed by atoms with van der Waals surface area (Å²) in [5.74, 6) is 0. The zero-order valence-corrected chi connectivity index (χ0v) is 5.94. The third-order valence-corrected chi connectivity index (χ3v) is 0.872. The maximum absolute atomic E-state index is 10.3. The molecule has 10 heavy (non-hydrogen) atoms. The molecule has 0 saturated heterocycles. The van der Waals surface area contributed by atoms with Crippen molar-refractivity contribution < 1.29 is 9.68 Å². The number of nitrogens with zero attached hydrogens (tertiary/aromatic N) is 2. The molecule has 6 heteroatoms. The first-order valence-electron chi connectivity index (χ1n) is 2.68. The van der Waals surface area contributed by atoms with Gasteiger partial charge in [-0.2, -0.15) is 0 Å². The van der Waals surface area contributed by atoms with Gasteiger partial charge in [-0.05, 0) is 0 Å². The molecule has 62 valence electrons. The van der Waals surface area contributed by atoms with E-state index >= 15 is 0 Å². The Kier molecular flexibility index (Phi) is 5.40. The molecule has 0 spiro atoms. The van der Waals surface area contributed by atoms with Crippen LogP contribution in [0.5, 0.6) is 0 Å². The van der Waals surface area contributed by atoms with E-state index in [9.17, 15) is 10.4 Å². The van der Waals surface area contributed by atoms with Crippen molar-refractivity contribution in [2.24, 2.45) is 0 Å². The molecule has 0 aliphatic carbocycles. The van der Waals surface area contributed by atoms with Gasteiger partial charge in [0.05, 0.1) is 14.2 Å². The molecule has 0 atom stereocenters. The summed E-state index contributed by atoms with van der Waals surface area (Å²) in [5.41, 5.74) is 0. The van der Waals surface area contributed by atoms with Crippen molar-refractivity contribution in [2.75, 3.05) is 27.3 Å². The lowest BCUT2D eigenvalue weighted by Gasteiger charge is -2.30. The Morgan fingerprint density at radius 2 is 1.30 bits per heavy atom. The quantitative estimate of drug-likeness (QED) is 0.501. The summed E-state index contributed by atoms with van der Waals surface area (Å²) in [6.07, 6.45) is 0. The molecule has 0 N–H and O–H groups in total. The molecule has 0 bridgehead atoms. The van der Waals surface area contributed by atoms with Crippen LogP contribution >= 0.6 is 0 Å². The van der Waals surface area contributed by atoms with Crippen molar-refractivity contribution in [1.82, 2.24) is 10.5 Å². The molecule has 0 saturated carbocycles. The fourth-order valence-corrected chi connectivity index (χ4v) is 0.346. The van der Waals surface area contributed by atoms with Crippen LogP contribution in [0, 0.1) is 10.4 Å². The Bertz CT molecular complexity index is 71.7. The van der Waals surface area contributed by atoms with Crippen LogP contribution in [0.1, 0.15) is 0 Å². The van der Waals surface area contributed by atoms with Gasteiger partial charge in [-0.25, -0.2) is 0 Å². The van der Waals surface area contributed by atoms with E-state index < -0.39 is 0 Å². The molecule has 0 unspecified atom stereocenters. The third-order valence-electron chi connectivity index (χ3n) is 0.872. The van der Waals surface area contributed by atoms with Gasteiger partial charge in [-0.1, -0.05) is 0 Å². The van der Waals surface area contributed by atoms with Crippen molar-refractivity contribution in [3.8, 4) is 0 Å². The van der Waals surface area contributed by atoms with E-state index in [1.54, 1.807) is 0 Å². The average molecular weight is 150 g/mol. The minimum atomic E-state index is -0.0339. The van der Waals surface area contributed by atoms with Crippen molar-refractivity contribution >= 4 is 0 Å². The van der Waals surface area contributed by atoms with Crippen molar-refractivity contribution in [3.05, 3.63) is 10.4 Å². The first-order valence-corrected chi connectivity index (χ1v) is 2.68. The summed E-state index contributed by atoms with van der Waals surface area (Å²) in [5, 5.41) is 21.2. The molecule has 0 amide bonds. The summed E-state index contributed by atoms with van der Waals surface area (Å²) in [6.45, 7) is -0.0678. The first kappa shape index (κ1) is 9.76. The third kappa shape index (κ3) is 4.62. The zero-order chi connectivity index (χ0) is 7.98. The van der Waals surface area contributed by atoms with Crippen LogP contribution in [0.25, 0.3) is 0 Å². The largest absolute Gasteiger partial charge is 0.762 e. The molecular formula is C4H10N2O4-2. The Balaban J connectivity index is 3.17. The Labute approximate surface area is 59.0 Å². The second kappa shape index (κ2) is 5.54. The van der Waals surface area contributed by atoms with Gasteiger partial charge in [-0.3, -0.25) is 10.5 Å². The van der Waals surface area contributed by atoms with E-state index in [1.165, 1.54) is 14.2 Å². The molecule has 0 aromatic carbocycles. The van der Waals surface area contributed by atoms with Gasteiger partial charge >= 0.3 is 0 Å². The lowest BCUT2D eigenvalue weighted by molar-refractivity contribution is -0.129. The van der Waals surface area contributed by atoms with E-state index in [-0.39, 0.29) is 13.1 Å². The van der Waals surface area contributed by atoms with Crippen LogP contribution in [0.4, 0.5) is 0 Å². The van der Waals surface area contributed by atoms with Crippen LogP contribution in [0.15, 0.2) is 0 Å². The van der Waals surface area contributed by atoms with Crippen LogP contribution in [-0.4, -0.2) is 37.8 Å². The molecule has 0 heterocycles. The molecule has 0 rings (SSSR count). The Morgan fingerprint density at radius 1 is 1.00 bits per heavy atom. The lowest BCUT2D eigenvalue weighted by atomic mass is 10.7. The van der Waals surface area contributed by atoms with Crippen molar-refractivity contribution in [2.45, 2.75) is 0 Å². The smallest absolute Gasteiger partial charge is 0.0563 e. The highest BCUT2D eigenvalue weighted by atomic mass is 16.9. The van der Waals surface area contributed by atoms with Crippen molar-refractivity contribution in [1.29, 1.82) is 0 Å². The molecule has 0 fully saturated rings. The first-order chi connectivity index (χ1) is 4.70. The zero-order valence-electron chi connectivity index (χ0n) is 5.94. The van der Waals surface area contributed by atoms with Crippen LogP contribution in [-0.2, 0) is 9.68 Å². The van der Waals surface area contributed by atoms with Gasteiger partial charge in [0.2, 0.25) is 0 Å². The molecular weight excluding hydrogens is 140 g/mol. The van der Waals surface area contributed by atoms with Gasteiger partial charge in [0, 0.05) is 13.1 Å². The number of rotatable bonds is 5. The van der Waals surface area contributed by atoms with E-state index in [0.717, 1.165) is 0 Å². The van der Waals surface area contributed by atoms with Gasteiger partial charge in [-0.15, -0.1) is 0 Å². The van der Waals surface area contributed by atoms with E-state index in [1.807, 2.05) is 0 Å². The number of hydrogen-bond acceptors (Lipinski definition) is 6. The predicted molar refractivity (Wildman–Crippen MR) is 34.2 cm³/mol. The summed E-state index contributed by atoms with van der Waals surface area (Å²) in [7, 11) is 2.46. The predicted octanol–water partition coefficient (Wildman–Crippen LogP) is -0.291. The maximum atomic E-state index is 10.3. The summed E-state index contributed by atoms with van der Waals surface area (Å²) >= 11 is 0. The summed E-state index contributed by atoms with van der Waals surface area (Å²) in [6, 6.07) is 0. The fraction of sp³-hybridized carbons (Fsp3) is 1.00.